The van der Waals surface area contributed by atoms with Gasteiger partial charge in [0.05, 0.1) is 12.2 Å². The Balaban J connectivity index is 2.70. The molecule has 84 valence electrons. The normalized spacial score (nSPS) is 9.69. The van der Waals surface area contributed by atoms with Crippen LogP contribution in [0, 0.1) is 0 Å². The minimum absolute atomic E-state index is 0.114. The average molecular weight is 219 g/mol. The van der Waals surface area contributed by atoms with Gasteiger partial charge in [-0.2, -0.15) is 4.99 Å². The van der Waals surface area contributed by atoms with Gasteiger partial charge in [-0.25, -0.2) is 4.79 Å². The lowest BCUT2D eigenvalue weighted by atomic mass is 10.3. The standard InChI is InChI=1S/C11H13N3O2/c1-14(2)7-11(16)13-10-5-3-4-9(6-10)12-8-15/h3-6H,7H2,1-2H3,(H,13,16). The largest absolute Gasteiger partial charge is 0.325 e. The molecule has 0 atom stereocenters. The van der Waals surface area contributed by atoms with Gasteiger partial charge in [0.1, 0.15) is 0 Å². The van der Waals surface area contributed by atoms with Crippen molar-refractivity contribution >= 4 is 23.4 Å². The molecule has 0 saturated heterocycles. The van der Waals surface area contributed by atoms with Gasteiger partial charge in [0, 0.05) is 5.69 Å². The molecular formula is C11H13N3O2. The highest BCUT2D eigenvalue weighted by molar-refractivity contribution is 5.92. The smallest absolute Gasteiger partial charge is 0.240 e. The number of rotatable bonds is 4. The summed E-state index contributed by atoms with van der Waals surface area (Å²) >= 11 is 0. The maximum absolute atomic E-state index is 11.4. The van der Waals surface area contributed by atoms with Gasteiger partial charge >= 0.3 is 0 Å². The number of nitrogens with one attached hydrogen (secondary N) is 1. The van der Waals surface area contributed by atoms with Crippen molar-refractivity contribution in [1.82, 2.24) is 4.90 Å². The Morgan fingerprint density at radius 1 is 1.50 bits per heavy atom. The van der Waals surface area contributed by atoms with Crippen LogP contribution >= 0.6 is 0 Å². The van der Waals surface area contributed by atoms with Crippen LogP contribution in [0.4, 0.5) is 11.4 Å². The van der Waals surface area contributed by atoms with Crippen LogP contribution in [0.2, 0.25) is 0 Å². The topological polar surface area (TPSA) is 61.8 Å². The lowest BCUT2D eigenvalue weighted by Crippen LogP contribution is -2.26. The van der Waals surface area contributed by atoms with E-state index in [0.29, 0.717) is 17.9 Å². The van der Waals surface area contributed by atoms with E-state index in [-0.39, 0.29) is 5.91 Å². The summed E-state index contributed by atoms with van der Waals surface area (Å²) in [5.74, 6) is -0.114. The molecule has 5 heteroatoms. The first kappa shape index (κ1) is 12.1. The highest BCUT2D eigenvalue weighted by Gasteiger charge is 2.03. The Hall–Kier alpha value is -1.97. The average Bonchev–Trinajstić information content (AvgIpc) is 2.17. The fourth-order valence-electron chi connectivity index (χ4n) is 1.19. The number of isocyanates is 1. The Morgan fingerprint density at radius 2 is 2.25 bits per heavy atom. The zero-order valence-corrected chi connectivity index (χ0v) is 9.23. The summed E-state index contributed by atoms with van der Waals surface area (Å²) in [4.78, 5) is 26.7. The van der Waals surface area contributed by atoms with E-state index in [9.17, 15) is 9.59 Å². The van der Waals surface area contributed by atoms with Crippen molar-refractivity contribution in [3.8, 4) is 0 Å². The molecule has 1 aromatic carbocycles. The van der Waals surface area contributed by atoms with Crippen molar-refractivity contribution in [3.63, 3.8) is 0 Å². The molecule has 1 aromatic rings. The molecule has 0 unspecified atom stereocenters. The fraction of sp³-hybridized carbons (Fsp3) is 0.273. The van der Waals surface area contributed by atoms with E-state index in [0.717, 1.165) is 0 Å². The number of nitrogens with zero attached hydrogens (tertiary/aromatic N) is 2. The van der Waals surface area contributed by atoms with Crippen molar-refractivity contribution in [2.24, 2.45) is 4.99 Å². The lowest BCUT2D eigenvalue weighted by Gasteiger charge is -2.10. The quantitative estimate of drug-likeness (QED) is 0.610. The zero-order chi connectivity index (χ0) is 12.0. The molecule has 0 saturated carbocycles. The fourth-order valence-corrected chi connectivity index (χ4v) is 1.19. The first-order valence-electron chi connectivity index (χ1n) is 4.74. The molecular weight excluding hydrogens is 206 g/mol. The van der Waals surface area contributed by atoms with Gasteiger partial charge in [0.2, 0.25) is 12.0 Å². The molecule has 1 rings (SSSR count). The molecule has 0 heterocycles. The molecule has 0 aliphatic rings. The number of hydrogen-bond donors (Lipinski definition) is 1. The maximum atomic E-state index is 11.4. The first-order valence-corrected chi connectivity index (χ1v) is 4.74. The van der Waals surface area contributed by atoms with Crippen LogP contribution in [-0.2, 0) is 9.59 Å². The monoisotopic (exact) mass is 219 g/mol. The SMILES string of the molecule is CN(C)CC(=O)Nc1cccc(N=C=O)c1. The number of anilines is 1. The number of hydrogen-bond acceptors (Lipinski definition) is 4. The highest BCUT2D eigenvalue weighted by Crippen LogP contribution is 2.16. The van der Waals surface area contributed by atoms with Crippen molar-refractivity contribution < 1.29 is 9.59 Å². The molecule has 0 aliphatic heterocycles. The molecule has 0 radical (unpaired) electrons. The number of likely N-dealkylation sites (N-methyl/N-ethyl adjacent to an activating group) is 1. The van der Waals surface area contributed by atoms with Gasteiger partial charge in [-0.1, -0.05) is 6.07 Å². The summed E-state index contributed by atoms with van der Waals surface area (Å²) in [5, 5.41) is 2.70. The van der Waals surface area contributed by atoms with E-state index in [1.54, 1.807) is 29.2 Å². The van der Waals surface area contributed by atoms with Crippen LogP contribution in [0.5, 0.6) is 0 Å². The first-order chi connectivity index (χ1) is 7.61. The third-order valence-corrected chi connectivity index (χ3v) is 1.76. The number of amides is 1. The summed E-state index contributed by atoms with van der Waals surface area (Å²) in [7, 11) is 3.62. The Morgan fingerprint density at radius 3 is 2.88 bits per heavy atom. The van der Waals surface area contributed by atoms with Gasteiger partial charge in [0.25, 0.3) is 0 Å². The van der Waals surface area contributed by atoms with Gasteiger partial charge < -0.3 is 10.2 Å². The molecule has 0 spiro atoms. The number of carbonyl (C=O) groups is 1. The van der Waals surface area contributed by atoms with Crippen LogP contribution in [0.1, 0.15) is 0 Å². The van der Waals surface area contributed by atoms with Crippen molar-refractivity contribution in [2.75, 3.05) is 26.0 Å². The minimum atomic E-state index is -0.114. The highest BCUT2D eigenvalue weighted by atomic mass is 16.2. The summed E-state index contributed by atoms with van der Waals surface area (Å²) in [6.07, 6.45) is 1.45. The van der Waals surface area contributed by atoms with E-state index in [1.807, 2.05) is 14.1 Å². The Labute approximate surface area is 93.8 Å². The van der Waals surface area contributed by atoms with E-state index in [2.05, 4.69) is 10.3 Å². The molecule has 0 fully saturated rings. The number of aliphatic imine (C=N–C) groups is 1. The summed E-state index contributed by atoms with van der Waals surface area (Å²) in [6.45, 7) is 0.307. The maximum Gasteiger partial charge on any atom is 0.240 e. The summed E-state index contributed by atoms with van der Waals surface area (Å²) in [6, 6.07) is 6.71. The third-order valence-electron chi connectivity index (χ3n) is 1.76. The van der Waals surface area contributed by atoms with Crippen LogP contribution in [0.3, 0.4) is 0 Å². The van der Waals surface area contributed by atoms with Crippen LogP contribution < -0.4 is 5.32 Å². The Kier molecular flexibility index (Phi) is 4.39. The second-order valence-electron chi connectivity index (χ2n) is 3.54. The van der Waals surface area contributed by atoms with Gasteiger partial charge in [-0.3, -0.25) is 4.79 Å². The summed E-state index contributed by atoms with van der Waals surface area (Å²) in [5.41, 5.74) is 1.08. The second kappa shape index (κ2) is 5.80. The van der Waals surface area contributed by atoms with E-state index < -0.39 is 0 Å². The van der Waals surface area contributed by atoms with Crippen molar-refractivity contribution in [1.29, 1.82) is 0 Å². The number of benzene rings is 1. The van der Waals surface area contributed by atoms with Gasteiger partial charge in [-0.15, -0.1) is 0 Å². The minimum Gasteiger partial charge on any atom is -0.325 e. The lowest BCUT2D eigenvalue weighted by molar-refractivity contribution is -0.116. The molecule has 16 heavy (non-hydrogen) atoms. The van der Waals surface area contributed by atoms with Crippen LogP contribution in [0.15, 0.2) is 29.3 Å². The van der Waals surface area contributed by atoms with Crippen molar-refractivity contribution in [3.05, 3.63) is 24.3 Å². The summed E-state index contributed by atoms with van der Waals surface area (Å²) < 4.78 is 0. The van der Waals surface area contributed by atoms with Gasteiger partial charge in [-0.05, 0) is 32.3 Å². The molecule has 1 N–H and O–H groups in total. The van der Waals surface area contributed by atoms with E-state index in [1.165, 1.54) is 6.08 Å². The number of carbonyl (C=O) groups excluding carboxylic acids is 2. The predicted molar refractivity (Wildman–Crippen MR) is 61.4 cm³/mol. The molecule has 1 amide bonds. The zero-order valence-electron chi connectivity index (χ0n) is 9.23. The molecule has 0 aromatic heterocycles. The molecule has 0 bridgehead atoms. The van der Waals surface area contributed by atoms with Crippen LogP contribution in [0.25, 0.3) is 0 Å². The Bertz CT molecular complexity index is 423. The third kappa shape index (κ3) is 4.04. The second-order valence-corrected chi connectivity index (χ2v) is 3.54. The van der Waals surface area contributed by atoms with E-state index >= 15 is 0 Å². The van der Waals surface area contributed by atoms with Gasteiger partial charge in [0.15, 0.2) is 0 Å². The predicted octanol–water partition coefficient (Wildman–Crippen LogP) is 1.15. The van der Waals surface area contributed by atoms with E-state index in [4.69, 9.17) is 0 Å². The van der Waals surface area contributed by atoms with Crippen LogP contribution in [-0.4, -0.2) is 37.5 Å². The van der Waals surface area contributed by atoms with Crippen molar-refractivity contribution in [2.45, 2.75) is 0 Å². The molecule has 0 aliphatic carbocycles. The molecule has 5 nitrogen and oxygen atoms in total.